The van der Waals surface area contributed by atoms with Gasteiger partial charge in [0.1, 0.15) is 0 Å². The highest BCUT2D eigenvalue weighted by atomic mass is 32.2. The van der Waals surface area contributed by atoms with Gasteiger partial charge in [-0.2, -0.15) is 0 Å². The Balaban J connectivity index is 0.000000320. The number of rotatable bonds is 5. The number of hydrogen-bond donors (Lipinski definition) is 1. The van der Waals surface area contributed by atoms with E-state index >= 15 is 0 Å². The second kappa shape index (κ2) is 12.6. The van der Waals surface area contributed by atoms with Gasteiger partial charge in [-0.3, -0.25) is 4.79 Å². The summed E-state index contributed by atoms with van der Waals surface area (Å²) < 4.78 is 23.4. The van der Waals surface area contributed by atoms with Gasteiger partial charge in [0, 0.05) is 47.9 Å². The molecule has 3 rings (SSSR count). The van der Waals surface area contributed by atoms with Crippen LogP contribution >= 0.6 is 0 Å². The Kier molecular flexibility index (Phi) is 10.8. The van der Waals surface area contributed by atoms with Crippen molar-refractivity contribution in [3.63, 3.8) is 0 Å². The van der Waals surface area contributed by atoms with Crippen molar-refractivity contribution in [1.29, 1.82) is 0 Å². The summed E-state index contributed by atoms with van der Waals surface area (Å²) in [4.78, 5) is 14.2. The van der Waals surface area contributed by atoms with Crippen LogP contribution in [0.25, 0.3) is 10.8 Å². The van der Waals surface area contributed by atoms with E-state index in [0.29, 0.717) is 4.90 Å². The summed E-state index contributed by atoms with van der Waals surface area (Å²) in [5.74, 6) is 0.0776. The van der Waals surface area contributed by atoms with Crippen LogP contribution < -0.4 is 10.2 Å². The number of benzene rings is 3. The second-order valence-electron chi connectivity index (χ2n) is 8.85. The Hall–Kier alpha value is -2.86. The average Bonchev–Trinajstić information content (AvgIpc) is 2.80. The van der Waals surface area contributed by atoms with Crippen LogP contribution in [0.1, 0.15) is 46.6 Å². The first kappa shape index (κ1) is 29.2. The molecule has 0 aliphatic heterocycles. The molecule has 1 N–H and O–H groups in total. The predicted molar refractivity (Wildman–Crippen MR) is 147 cm³/mol. The highest BCUT2D eigenvalue weighted by Crippen LogP contribution is 2.30. The normalized spacial score (nSPS) is 11.0. The molecule has 0 spiro atoms. The highest BCUT2D eigenvalue weighted by Gasteiger charge is 2.25. The van der Waals surface area contributed by atoms with Crippen LogP contribution in [-0.4, -0.2) is 34.7 Å². The number of nitrogens with zero attached hydrogens (tertiary/aromatic N) is 1. The van der Waals surface area contributed by atoms with Gasteiger partial charge in [-0.05, 0) is 37.6 Å². The number of carbonyl (C=O) groups is 1. The molecule has 5 nitrogen and oxygen atoms in total. The zero-order valence-electron chi connectivity index (χ0n) is 22.1. The fraction of sp³-hybridized carbons (Fsp3) is 0.393. The minimum Gasteiger partial charge on any atom is -0.377 e. The first-order chi connectivity index (χ1) is 15.9. The SMILES string of the molecule is CC.CCC(C)(C)C(=O)Nc1ccc(C)cc1.CN(C)c1cccc2c(S(C)(=O)=O)cccc12. The van der Waals surface area contributed by atoms with E-state index in [1.54, 1.807) is 12.1 Å². The summed E-state index contributed by atoms with van der Waals surface area (Å²) in [5.41, 5.74) is 2.79. The zero-order valence-corrected chi connectivity index (χ0v) is 22.9. The van der Waals surface area contributed by atoms with Crippen LogP contribution in [0.5, 0.6) is 0 Å². The number of carbonyl (C=O) groups excluding carboxylic acids is 1. The van der Waals surface area contributed by atoms with Gasteiger partial charge >= 0.3 is 0 Å². The topological polar surface area (TPSA) is 66.5 Å². The van der Waals surface area contributed by atoms with Crippen molar-refractivity contribution in [2.24, 2.45) is 5.41 Å². The van der Waals surface area contributed by atoms with Crippen molar-refractivity contribution < 1.29 is 13.2 Å². The molecule has 0 fully saturated rings. The number of anilines is 2. The molecule has 0 aliphatic carbocycles. The molecule has 0 atom stereocenters. The fourth-order valence-corrected chi connectivity index (χ4v) is 3.98. The third kappa shape index (κ3) is 7.87. The maximum atomic E-state index is 11.8. The van der Waals surface area contributed by atoms with Crippen LogP contribution in [0.4, 0.5) is 11.4 Å². The Morgan fingerprint density at radius 3 is 1.94 bits per heavy atom. The molecule has 34 heavy (non-hydrogen) atoms. The second-order valence-corrected chi connectivity index (χ2v) is 10.8. The molecular weight excluding hydrogens is 444 g/mol. The molecule has 0 aliphatic rings. The van der Waals surface area contributed by atoms with Crippen molar-refractivity contribution >= 4 is 37.9 Å². The van der Waals surface area contributed by atoms with E-state index in [1.165, 1.54) is 11.8 Å². The molecule has 3 aromatic carbocycles. The first-order valence-electron chi connectivity index (χ1n) is 11.6. The average molecular weight is 485 g/mol. The summed E-state index contributed by atoms with van der Waals surface area (Å²) in [7, 11) is 0.702. The van der Waals surface area contributed by atoms with Gasteiger partial charge in [0.15, 0.2) is 9.84 Å². The Morgan fingerprint density at radius 2 is 1.44 bits per heavy atom. The van der Waals surface area contributed by atoms with Gasteiger partial charge in [-0.15, -0.1) is 0 Å². The monoisotopic (exact) mass is 484 g/mol. The summed E-state index contributed by atoms with van der Waals surface area (Å²) in [6.07, 6.45) is 2.08. The van der Waals surface area contributed by atoms with Crippen LogP contribution in [0, 0.1) is 12.3 Å². The molecule has 0 saturated carbocycles. The van der Waals surface area contributed by atoms with Crippen LogP contribution in [0.2, 0.25) is 0 Å². The molecule has 0 radical (unpaired) electrons. The Bertz CT molecular complexity index is 1180. The zero-order chi connectivity index (χ0) is 26.1. The molecule has 0 unspecified atom stereocenters. The molecule has 0 saturated heterocycles. The fourth-order valence-electron chi connectivity index (χ4n) is 3.08. The Morgan fingerprint density at radius 1 is 0.912 bits per heavy atom. The third-order valence-corrected chi connectivity index (χ3v) is 6.70. The number of hydrogen-bond acceptors (Lipinski definition) is 4. The number of amides is 1. The van der Waals surface area contributed by atoms with E-state index in [0.717, 1.165) is 28.6 Å². The molecule has 0 bridgehead atoms. The summed E-state index contributed by atoms with van der Waals surface area (Å²) in [5, 5.41) is 4.66. The van der Waals surface area contributed by atoms with E-state index in [-0.39, 0.29) is 11.3 Å². The highest BCUT2D eigenvalue weighted by molar-refractivity contribution is 7.91. The van der Waals surface area contributed by atoms with Crippen molar-refractivity contribution in [3.8, 4) is 0 Å². The van der Waals surface area contributed by atoms with Gasteiger partial charge in [0.25, 0.3) is 0 Å². The van der Waals surface area contributed by atoms with Crippen LogP contribution in [0.15, 0.2) is 65.6 Å². The van der Waals surface area contributed by atoms with Crippen molar-refractivity contribution in [1.82, 2.24) is 0 Å². The van der Waals surface area contributed by atoms with Crippen molar-refractivity contribution in [2.75, 3.05) is 30.6 Å². The summed E-state index contributed by atoms with van der Waals surface area (Å²) in [6.45, 7) is 12.0. The standard InChI is InChI=1S/C13H15NO2S.C13H19NO.C2H6/c1-14(2)12-8-4-7-11-10(12)6-5-9-13(11)17(3,15)16;1-5-13(3,4)12(15)14-11-8-6-10(2)7-9-11;1-2/h4-9H,1-3H3;6-9H,5H2,1-4H3,(H,14,15);1-2H3. The van der Waals surface area contributed by atoms with Crippen LogP contribution in [0.3, 0.4) is 0 Å². The molecule has 3 aromatic rings. The minimum absolute atomic E-state index is 0.0776. The molecule has 0 aromatic heterocycles. The number of nitrogens with one attached hydrogen (secondary N) is 1. The molecule has 6 heteroatoms. The lowest BCUT2D eigenvalue weighted by atomic mass is 9.89. The molecular formula is C28H40N2O3S. The van der Waals surface area contributed by atoms with E-state index in [1.807, 2.05) is 109 Å². The lowest BCUT2D eigenvalue weighted by Gasteiger charge is -2.21. The lowest BCUT2D eigenvalue weighted by molar-refractivity contribution is -0.124. The Labute approximate surface area is 206 Å². The molecule has 0 heterocycles. The number of aryl methyl sites for hydroxylation is 1. The van der Waals surface area contributed by atoms with Crippen molar-refractivity contribution in [3.05, 3.63) is 66.2 Å². The van der Waals surface area contributed by atoms with Gasteiger partial charge in [-0.1, -0.05) is 76.6 Å². The quantitative estimate of drug-likeness (QED) is 0.437. The molecule has 1 amide bonds. The predicted octanol–water partition coefficient (Wildman–Crippen LogP) is 6.71. The van der Waals surface area contributed by atoms with Gasteiger partial charge < -0.3 is 10.2 Å². The van der Waals surface area contributed by atoms with Gasteiger partial charge in [0.2, 0.25) is 5.91 Å². The van der Waals surface area contributed by atoms with E-state index in [9.17, 15) is 13.2 Å². The van der Waals surface area contributed by atoms with Crippen molar-refractivity contribution in [2.45, 2.75) is 52.9 Å². The van der Waals surface area contributed by atoms with E-state index in [2.05, 4.69) is 5.32 Å². The van der Waals surface area contributed by atoms with Crippen LogP contribution in [-0.2, 0) is 14.6 Å². The van der Waals surface area contributed by atoms with E-state index in [4.69, 9.17) is 0 Å². The summed E-state index contributed by atoms with van der Waals surface area (Å²) >= 11 is 0. The number of sulfone groups is 1. The largest absolute Gasteiger partial charge is 0.377 e. The van der Waals surface area contributed by atoms with Gasteiger partial charge in [-0.25, -0.2) is 8.42 Å². The summed E-state index contributed by atoms with van der Waals surface area (Å²) in [6, 6.07) is 18.9. The maximum Gasteiger partial charge on any atom is 0.230 e. The maximum absolute atomic E-state index is 11.8. The smallest absolute Gasteiger partial charge is 0.230 e. The first-order valence-corrected chi connectivity index (χ1v) is 13.5. The minimum atomic E-state index is -3.19. The molecule has 186 valence electrons. The lowest BCUT2D eigenvalue weighted by Crippen LogP contribution is -2.29. The van der Waals surface area contributed by atoms with Gasteiger partial charge in [0.05, 0.1) is 4.90 Å². The number of fused-ring (bicyclic) bond motifs is 1. The van der Waals surface area contributed by atoms with E-state index < -0.39 is 9.84 Å². The third-order valence-electron chi connectivity index (χ3n) is 5.55.